The van der Waals surface area contributed by atoms with Gasteiger partial charge in [-0.2, -0.15) is 0 Å². The summed E-state index contributed by atoms with van der Waals surface area (Å²) in [5.74, 6) is 1.82. The van der Waals surface area contributed by atoms with Gasteiger partial charge in [0, 0.05) is 12.6 Å². The van der Waals surface area contributed by atoms with E-state index >= 15 is 0 Å². The third kappa shape index (κ3) is 1.96. The highest BCUT2D eigenvalue weighted by Crippen LogP contribution is 2.26. The van der Waals surface area contributed by atoms with E-state index in [0.717, 1.165) is 17.9 Å². The minimum Gasteiger partial charge on any atom is -0.301 e. The second kappa shape index (κ2) is 3.57. The standard InChI is InChI=1S/C10H21N/c1-5-11-7-9(3)8(2)6-10(11)4/h8-10H,5-7H2,1-4H3. The van der Waals surface area contributed by atoms with Gasteiger partial charge in [-0.25, -0.2) is 0 Å². The number of hydrogen-bond acceptors (Lipinski definition) is 1. The van der Waals surface area contributed by atoms with Gasteiger partial charge in [-0.3, -0.25) is 0 Å². The molecule has 1 heteroatoms. The summed E-state index contributed by atoms with van der Waals surface area (Å²) in [7, 11) is 0. The summed E-state index contributed by atoms with van der Waals surface area (Å²) < 4.78 is 0. The summed E-state index contributed by atoms with van der Waals surface area (Å²) in [6.45, 7) is 11.9. The van der Waals surface area contributed by atoms with Crippen LogP contribution in [0.1, 0.15) is 34.1 Å². The molecule has 66 valence electrons. The fourth-order valence-corrected chi connectivity index (χ4v) is 2.09. The number of likely N-dealkylation sites (tertiary alicyclic amines) is 1. The lowest BCUT2D eigenvalue weighted by atomic mass is 9.85. The molecule has 0 N–H and O–H groups in total. The van der Waals surface area contributed by atoms with Gasteiger partial charge in [0.05, 0.1) is 0 Å². The van der Waals surface area contributed by atoms with E-state index < -0.39 is 0 Å². The Morgan fingerprint density at radius 2 is 1.82 bits per heavy atom. The third-order valence-corrected chi connectivity index (χ3v) is 3.24. The quantitative estimate of drug-likeness (QED) is 0.562. The Morgan fingerprint density at radius 1 is 1.18 bits per heavy atom. The topological polar surface area (TPSA) is 3.24 Å². The molecule has 1 aliphatic rings. The summed E-state index contributed by atoms with van der Waals surface area (Å²) >= 11 is 0. The molecule has 1 heterocycles. The normalized spacial score (nSPS) is 40.9. The van der Waals surface area contributed by atoms with Crippen LogP contribution in [0.15, 0.2) is 0 Å². The molecule has 0 radical (unpaired) electrons. The Balaban J connectivity index is 2.48. The second-order valence-electron chi connectivity index (χ2n) is 4.13. The fourth-order valence-electron chi connectivity index (χ4n) is 2.09. The van der Waals surface area contributed by atoms with Crippen molar-refractivity contribution in [1.29, 1.82) is 0 Å². The Labute approximate surface area is 70.8 Å². The van der Waals surface area contributed by atoms with E-state index in [1.165, 1.54) is 19.5 Å². The zero-order valence-corrected chi connectivity index (χ0v) is 8.30. The molecule has 0 aromatic carbocycles. The highest BCUT2D eigenvalue weighted by Gasteiger charge is 2.26. The molecular weight excluding hydrogens is 134 g/mol. The zero-order valence-electron chi connectivity index (χ0n) is 8.30. The van der Waals surface area contributed by atoms with E-state index in [4.69, 9.17) is 0 Å². The number of piperidine rings is 1. The first-order valence-corrected chi connectivity index (χ1v) is 4.89. The van der Waals surface area contributed by atoms with Crippen LogP contribution in [-0.4, -0.2) is 24.0 Å². The lowest BCUT2D eigenvalue weighted by Gasteiger charge is -2.39. The van der Waals surface area contributed by atoms with E-state index in [2.05, 4.69) is 32.6 Å². The monoisotopic (exact) mass is 155 g/mol. The summed E-state index contributed by atoms with van der Waals surface area (Å²) in [5.41, 5.74) is 0. The Morgan fingerprint density at radius 3 is 2.36 bits per heavy atom. The van der Waals surface area contributed by atoms with Crippen molar-refractivity contribution in [3.63, 3.8) is 0 Å². The van der Waals surface area contributed by atoms with Gasteiger partial charge < -0.3 is 4.90 Å². The van der Waals surface area contributed by atoms with Gasteiger partial charge in [0.2, 0.25) is 0 Å². The largest absolute Gasteiger partial charge is 0.301 e. The van der Waals surface area contributed by atoms with Gasteiger partial charge in [0.1, 0.15) is 0 Å². The van der Waals surface area contributed by atoms with Crippen molar-refractivity contribution in [3.05, 3.63) is 0 Å². The maximum Gasteiger partial charge on any atom is 0.00695 e. The van der Waals surface area contributed by atoms with Crippen molar-refractivity contribution in [2.75, 3.05) is 13.1 Å². The van der Waals surface area contributed by atoms with Crippen LogP contribution in [0.3, 0.4) is 0 Å². The van der Waals surface area contributed by atoms with E-state index in [-0.39, 0.29) is 0 Å². The Bertz CT molecular complexity index is 122. The molecule has 0 aliphatic carbocycles. The molecule has 3 unspecified atom stereocenters. The van der Waals surface area contributed by atoms with Crippen molar-refractivity contribution in [1.82, 2.24) is 4.90 Å². The molecule has 1 saturated heterocycles. The van der Waals surface area contributed by atoms with Crippen molar-refractivity contribution < 1.29 is 0 Å². The number of rotatable bonds is 1. The summed E-state index contributed by atoms with van der Waals surface area (Å²) in [4.78, 5) is 2.59. The molecule has 0 aromatic rings. The number of hydrogen-bond donors (Lipinski definition) is 0. The molecule has 0 spiro atoms. The second-order valence-corrected chi connectivity index (χ2v) is 4.13. The molecule has 3 atom stereocenters. The SMILES string of the molecule is CCN1CC(C)C(C)CC1C. The minimum absolute atomic E-state index is 0.811. The van der Waals surface area contributed by atoms with Crippen LogP contribution >= 0.6 is 0 Å². The van der Waals surface area contributed by atoms with Crippen LogP contribution in [0.4, 0.5) is 0 Å². The predicted octanol–water partition coefficient (Wildman–Crippen LogP) is 2.37. The van der Waals surface area contributed by atoms with Crippen molar-refractivity contribution >= 4 is 0 Å². The van der Waals surface area contributed by atoms with Crippen molar-refractivity contribution in [2.45, 2.75) is 40.2 Å². The number of nitrogens with zero attached hydrogens (tertiary/aromatic N) is 1. The van der Waals surface area contributed by atoms with Gasteiger partial charge in [0.25, 0.3) is 0 Å². The van der Waals surface area contributed by atoms with Crippen LogP contribution in [0, 0.1) is 11.8 Å². The Kier molecular flexibility index (Phi) is 2.94. The minimum atomic E-state index is 0.811. The van der Waals surface area contributed by atoms with Crippen LogP contribution < -0.4 is 0 Å². The van der Waals surface area contributed by atoms with Crippen LogP contribution in [0.2, 0.25) is 0 Å². The highest BCUT2D eigenvalue weighted by molar-refractivity contribution is 4.80. The first-order valence-electron chi connectivity index (χ1n) is 4.89. The first-order chi connectivity index (χ1) is 5.15. The smallest absolute Gasteiger partial charge is 0.00695 e. The molecule has 1 rings (SSSR count). The molecule has 0 saturated carbocycles. The lowest BCUT2D eigenvalue weighted by Crippen LogP contribution is -2.44. The van der Waals surface area contributed by atoms with E-state index in [0.29, 0.717) is 0 Å². The summed E-state index contributed by atoms with van der Waals surface area (Å²) in [5, 5.41) is 0. The summed E-state index contributed by atoms with van der Waals surface area (Å²) in [6.07, 6.45) is 1.38. The molecular formula is C10H21N. The van der Waals surface area contributed by atoms with E-state index in [1.54, 1.807) is 0 Å². The molecule has 1 nitrogen and oxygen atoms in total. The van der Waals surface area contributed by atoms with Gasteiger partial charge in [-0.05, 0) is 31.7 Å². The average molecular weight is 155 g/mol. The fraction of sp³-hybridized carbons (Fsp3) is 1.00. The molecule has 1 fully saturated rings. The molecule has 11 heavy (non-hydrogen) atoms. The average Bonchev–Trinajstić information content (AvgIpc) is 1.97. The highest BCUT2D eigenvalue weighted by atomic mass is 15.2. The third-order valence-electron chi connectivity index (χ3n) is 3.24. The zero-order chi connectivity index (χ0) is 8.43. The van der Waals surface area contributed by atoms with Gasteiger partial charge in [-0.15, -0.1) is 0 Å². The van der Waals surface area contributed by atoms with Gasteiger partial charge >= 0.3 is 0 Å². The van der Waals surface area contributed by atoms with E-state index in [1.807, 2.05) is 0 Å². The maximum absolute atomic E-state index is 2.59. The van der Waals surface area contributed by atoms with Crippen molar-refractivity contribution in [2.24, 2.45) is 11.8 Å². The predicted molar refractivity (Wildman–Crippen MR) is 49.7 cm³/mol. The van der Waals surface area contributed by atoms with Crippen molar-refractivity contribution in [3.8, 4) is 0 Å². The maximum atomic E-state index is 2.59. The summed E-state index contributed by atoms with van der Waals surface area (Å²) in [6, 6.07) is 0.811. The van der Waals surface area contributed by atoms with E-state index in [9.17, 15) is 0 Å². The van der Waals surface area contributed by atoms with Crippen LogP contribution in [0.5, 0.6) is 0 Å². The Hall–Kier alpha value is -0.0400. The van der Waals surface area contributed by atoms with Crippen LogP contribution in [0.25, 0.3) is 0 Å². The van der Waals surface area contributed by atoms with Gasteiger partial charge in [-0.1, -0.05) is 20.8 Å². The van der Waals surface area contributed by atoms with Crippen LogP contribution in [-0.2, 0) is 0 Å². The molecule has 0 bridgehead atoms. The van der Waals surface area contributed by atoms with Gasteiger partial charge in [0.15, 0.2) is 0 Å². The lowest BCUT2D eigenvalue weighted by molar-refractivity contribution is 0.0915. The first kappa shape index (κ1) is 9.05. The molecule has 0 aromatic heterocycles. The molecule has 0 amide bonds. The molecule has 1 aliphatic heterocycles.